The highest BCUT2D eigenvalue weighted by Crippen LogP contribution is 2.27. The van der Waals surface area contributed by atoms with Crippen LogP contribution in [0.15, 0.2) is 27.6 Å². The summed E-state index contributed by atoms with van der Waals surface area (Å²) in [4.78, 5) is 0.283. The lowest BCUT2D eigenvalue weighted by Gasteiger charge is -2.34. The number of sulfonamides is 1. The SMILES string of the molecule is Cc1ccc(S(=O)(=O)NC2(C)CCOCC2)c(Br)c1. The lowest BCUT2D eigenvalue weighted by molar-refractivity contribution is 0.0537. The quantitative estimate of drug-likeness (QED) is 0.914. The smallest absolute Gasteiger partial charge is 0.242 e. The Kier molecular flexibility index (Phi) is 4.35. The van der Waals surface area contributed by atoms with Gasteiger partial charge in [-0.1, -0.05) is 6.07 Å². The van der Waals surface area contributed by atoms with Crippen molar-refractivity contribution in [2.24, 2.45) is 0 Å². The summed E-state index contributed by atoms with van der Waals surface area (Å²) >= 11 is 3.32. The first-order valence-corrected chi connectivity index (χ1v) is 8.48. The van der Waals surface area contributed by atoms with Gasteiger partial charge in [0.05, 0.1) is 4.90 Å². The molecular formula is C13H18BrNO3S. The maximum atomic E-state index is 12.5. The van der Waals surface area contributed by atoms with Crippen LogP contribution in [0.25, 0.3) is 0 Å². The Morgan fingerprint density at radius 2 is 1.95 bits per heavy atom. The largest absolute Gasteiger partial charge is 0.381 e. The maximum Gasteiger partial charge on any atom is 0.242 e. The van der Waals surface area contributed by atoms with Gasteiger partial charge in [-0.15, -0.1) is 0 Å². The van der Waals surface area contributed by atoms with Crippen LogP contribution < -0.4 is 4.72 Å². The normalized spacial score (nSPS) is 19.3. The number of nitrogens with one attached hydrogen (secondary N) is 1. The predicted octanol–water partition coefficient (Wildman–Crippen LogP) is 2.60. The summed E-state index contributed by atoms with van der Waals surface area (Å²) in [7, 11) is -3.52. The molecule has 0 atom stereocenters. The molecule has 1 aromatic rings. The molecule has 19 heavy (non-hydrogen) atoms. The second-order valence-electron chi connectivity index (χ2n) is 5.21. The third kappa shape index (κ3) is 3.56. The maximum absolute atomic E-state index is 12.5. The van der Waals surface area contributed by atoms with E-state index in [1.807, 2.05) is 13.8 Å². The Balaban J connectivity index is 2.27. The van der Waals surface area contributed by atoms with Crippen LogP contribution in [0.5, 0.6) is 0 Å². The third-order valence-corrected chi connectivity index (χ3v) is 5.97. The fourth-order valence-corrected chi connectivity index (χ4v) is 4.79. The standard InChI is InChI=1S/C13H18BrNO3S/c1-10-3-4-12(11(14)9-10)19(16,17)15-13(2)5-7-18-8-6-13/h3-4,9,15H,5-8H2,1-2H3. The van der Waals surface area contributed by atoms with Gasteiger partial charge in [0.2, 0.25) is 10.0 Å². The number of halogens is 1. The molecule has 1 aromatic carbocycles. The van der Waals surface area contributed by atoms with Crippen molar-refractivity contribution in [1.29, 1.82) is 0 Å². The van der Waals surface area contributed by atoms with Crippen molar-refractivity contribution in [3.63, 3.8) is 0 Å². The monoisotopic (exact) mass is 347 g/mol. The zero-order valence-corrected chi connectivity index (χ0v) is 13.5. The molecule has 4 nitrogen and oxygen atoms in total. The van der Waals surface area contributed by atoms with Gasteiger partial charge < -0.3 is 4.74 Å². The molecule has 1 aliphatic rings. The van der Waals surface area contributed by atoms with E-state index in [9.17, 15) is 8.42 Å². The van der Waals surface area contributed by atoms with Crippen molar-refractivity contribution in [2.45, 2.75) is 37.1 Å². The molecular weight excluding hydrogens is 330 g/mol. The molecule has 6 heteroatoms. The van der Waals surface area contributed by atoms with Gasteiger partial charge in [-0.25, -0.2) is 13.1 Å². The Labute approximate surface area is 122 Å². The van der Waals surface area contributed by atoms with Crippen LogP contribution >= 0.6 is 15.9 Å². The topological polar surface area (TPSA) is 55.4 Å². The molecule has 106 valence electrons. The summed E-state index contributed by atoms with van der Waals surface area (Å²) in [6, 6.07) is 5.23. The highest BCUT2D eigenvalue weighted by molar-refractivity contribution is 9.10. The van der Waals surface area contributed by atoms with Crippen LogP contribution in [0.4, 0.5) is 0 Å². The van der Waals surface area contributed by atoms with Crippen molar-refractivity contribution in [1.82, 2.24) is 4.72 Å². The number of aryl methyl sites for hydroxylation is 1. The van der Waals surface area contributed by atoms with Crippen LogP contribution in [-0.4, -0.2) is 27.2 Å². The Morgan fingerprint density at radius 3 is 2.53 bits per heavy atom. The zero-order chi connectivity index (χ0) is 14.1. The van der Waals surface area contributed by atoms with Crippen LogP contribution in [0.2, 0.25) is 0 Å². The fraction of sp³-hybridized carbons (Fsp3) is 0.538. The summed E-state index contributed by atoms with van der Waals surface area (Å²) < 4.78 is 33.6. The Bertz CT molecular complexity index is 565. The molecule has 1 N–H and O–H groups in total. The molecule has 1 saturated heterocycles. The molecule has 0 aliphatic carbocycles. The van der Waals surface area contributed by atoms with E-state index in [4.69, 9.17) is 4.74 Å². The minimum absolute atomic E-state index is 0.283. The van der Waals surface area contributed by atoms with E-state index < -0.39 is 15.6 Å². The van der Waals surface area contributed by atoms with Gasteiger partial charge >= 0.3 is 0 Å². The van der Waals surface area contributed by atoms with Crippen LogP contribution in [0.3, 0.4) is 0 Å². The molecule has 1 aliphatic heterocycles. The van der Waals surface area contributed by atoms with Crippen molar-refractivity contribution in [3.8, 4) is 0 Å². The second kappa shape index (κ2) is 5.52. The zero-order valence-electron chi connectivity index (χ0n) is 11.1. The second-order valence-corrected chi connectivity index (χ2v) is 7.72. The molecule has 0 aromatic heterocycles. The van der Waals surface area contributed by atoms with E-state index in [0.29, 0.717) is 30.5 Å². The van der Waals surface area contributed by atoms with Crippen LogP contribution in [0, 0.1) is 6.92 Å². The van der Waals surface area contributed by atoms with Crippen LogP contribution in [-0.2, 0) is 14.8 Å². The van der Waals surface area contributed by atoms with Crippen LogP contribution in [0.1, 0.15) is 25.3 Å². The molecule has 0 saturated carbocycles. The average Bonchev–Trinajstić information content (AvgIpc) is 2.27. The highest BCUT2D eigenvalue weighted by atomic mass is 79.9. The van der Waals surface area contributed by atoms with E-state index in [-0.39, 0.29) is 4.90 Å². The van der Waals surface area contributed by atoms with Gasteiger partial charge in [-0.05, 0) is 60.3 Å². The van der Waals surface area contributed by atoms with E-state index in [0.717, 1.165) is 5.56 Å². The van der Waals surface area contributed by atoms with Gasteiger partial charge in [0.1, 0.15) is 0 Å². The van der Waals surface area contributed by atoms with Gasteiger partial charge in [0, 0.05) is 23.2 Å². The lowest BCUT2D eigenvalue weighted by atomic mass is 9.94. The van der Waals surface area contributed by atoms with Crippen molar-refractivity contribution >= 4 is 26.0 Å². The Morgan fingerprint density at radius 1 is 1.32 bits per heavy atom. The number of rotatable bonds is 3. The number of hydrogen-bond donors (Lipinski definition) is 1. The molecule has 0 unspecified atom stereocenters. The molecule has 1 heterocycles. The first-order chi connectivity index (χ1) is 8.82. The van der Waals surface area contributed by atoms with Crippen molar-refractivity contribution in [2.75, 3.05) is 13.2 Å². The Hall–Kier alpha value is -0.430. The van der Waals surface area contributed by atoms with E-state index >= 15 is 0 Å². The van der Waals surface area contributed by atoms with E-state index in [2.05, 4.69) is 20.7 Å². The first-order valence-electron chi connectivity index (χ1n) is 6.20. The minimum atomic E-state index is -3.52. The number of hydrogen-bond acceptors (Lipinski definition) is 3. The highest BCUT2D eigenvalue weighted by Gasteiger charge is 2.33. The molecule has 0 amide bonds. The van der Waals surface area contributed by atoms with E-state index in [1.54, 1.807) is 18.2 Å². The lowest BCUT2D eigenvalue weighted by Crippen LogP contribution is -2.49. The molecule has 1 fully saturated rings. The molecule has 0 bridgehead atoms. The van der Waals surface area contributed by atoms with Gasteiger partial charge in [-0.2, -0.15) is 0 Å². The summed E-state index contributed by atoms with van der Waals surface area (Å²) in [5.41, 5.74) is 0.588. The molecule has 0 radical (unpaired) electrons. The first kappa shape index (κ1) is 15.0. The van der Waals surface area contributed by atoms with Gasteiger partial charge in [0.15, 0.2) is 0 Å². The summed E-state index contributed by atoms with van der Waals surface area (Å²) in [5.74, 6) is 0. The third-order valence-electron chi connectivity index (χ3n) is 3.35. The minimum Gasteiger partial charge on any atom is -0.381 e. The number of benzene rings is 1. The van der Waals surface area contributed by atoms with Crippen molar-refractivity contribution < 1.29 is 13.2 Å². The number of ether oxygens (including phenoxy) is 1. The summed E-state index contributed by atoms with van der Waals surface area (Å²) in [6.07, 6.45) is 1.38. The van der Waals surface area contributed by atoms with E-state index in [1.165, 1.54) is 0 Å². The summed E-state index contributed by atoms with van der Waals surface area (Å²) in [6.45, 7) is 5.03. The average molecular weight is 348 g/mol. The van der Waals surface area contributed by atoms with Gasteiger partial charge in [-0.3, -0.25) is 0 Å². The molecule has 0 spiro atoms. The summed E-state index contributed by atoms with van der Waals surface area (Å²) in [5, 5.41) is 0. The van der Waals surface area contributed by atoms with Crippen molar-refractivity contribution in [3.05, 3.63) is 28.2 Å². The molecule has 2 rings (SSSR count). The van der Waals surface area contributed by atoms with Gasteiger partial charge in [0.25, 0.3) is 0 Å². The fourth-order valence-electron chi connectivity index (χ4n) is 2.13. The predicted molar refractivity (Wildman–Crippen MR) is 77.7 cm³/mol.